The number of benzene rings is 1. The fraction of sp³-hybridized carbons (Fsp3) is 0.357. The van der Waals surface area contributed by atoms with Crippen LogP contribution in [0.5, 0.6) is 0 Å². The summed E-state index contributed by atoms with van der Waals surface area (Å²) in [5.74, 6) is -0.0731. The van der Waals surface area contributed by atoms with Crippen molar-refractivity contribution in [1.82, 2.24) is 9.78 Å². The van der Waals surface area contributed by atoms with Crippen LogP contribution in [0.15, 0.2) is 33.6 Å². The van der Waals surface area contributed by atoms with E-state index in [1.807, 2.05) is 19.9 Å². The van der Waals surface area contributed by atoms with E-state index in [4.69, 9.17) is 5.73 Å². The van der Waals surface area contributed by atoms with Crippen LogP contribution in [0.1, 0.15) is 25.2 Å². The van der Waals surface area contributed by atoms with Gasteiger partial charge in [-0.15, -0.1) is 0 Å². The first-order chi connectivity index (χ1) is 9.87. The monoisotopic (exact) mass is 371 g/mol. The molecule has 0 aliphatic carbocycles. The van der Waals surface area contributed by atoms with Gasteiger partial charge in [0, 0.05) is 16.7 Å². The number of hydrogen-bond acceptors (Lipinski definition) is 4. The van der Waals surface area contributed by atoms with E-state index in [2.05, 4.69) is 21.0 Å². The molecule has 0 fully saturated rings. The molecule has 0 amide bonds. The lowest BCUT2D eigenvalue weighted by molar-refractivity contribution is 0.585. The lowest BCUT2D eigenvalue weighted by atomic mass is 10.3. The molecule has 1 aromatic heterocycles. The summed E-state index contributed by atoms with van der Waals surface area (Å²) in [6.07, 6.45) is 0.783. The SMILES string of the molecule is CCc1cc(CS(=O)(=O)c2ccc(N)cc2Br)n(CC)n1. The van der Waals surface area contributed by atoms with E-state index in [1.54, 1.807) is 16.8 Å². The quantitative estimate of drug-likeness (QED) is 0.819. The van der Waals surface area contributed by atoms with Gasteiger partial charge in [0.1, 0.15) is 0 Å². The fourth-order valence-corrected chi connectivity index (χ4v) is 4.66. The zero-order valence-electron chi connectivity index (χ0n) is 12.0. The molecule has 2 rings (SSSR count). The molecule has 1 aromatic carbocycles. The van der Waals surface area contributed by atoms with Gasteiger partial charge in [-0.1, -0.05) is 6.92 Å². The number of aromatic nitrogens is 2. The summed E-state index contributed by atoms with van der Waals surface area (Å²) in [7, 11) is -3.45. The third kappa shape index (κ3) is 3.47. The van der Waals surface area contributed by atoms with Gasteiger partial charge in [0.05, 0.1) is 22.0 Å². The second kappa shape index (κ2) is 6.19. The van der Waals surface area contributed by atoms with Crippen LogP contribution in [-0.4, -0.2) is 18.2 Å². The molecule has 0 aliphatic rings. The van der Waals surface area contributed by atoms with E-state index in [0.717, 1.165) is 12.1 Å². The molecule has 2 N–H and O–H groups in total. The van der Waals surface area contributed by atoms with Crippen LogP contribution in [0.3, 0.4) is 0 Å². The molecule has 0 atom stereocenters. The van der Waals surface area contributed by atoms with E-state index >= 15 is 0 Å². The van der Waals surface area contributed by atoms with Crippen molar-refractivity contribution in [3.05, 3.63) is 40.1 Å². The van der Waals surface area contributed by atoms with Crippen molar-refractivity contribution in [3.8, 4) is 0 Å². The molecular weight excluding hydrogens is 354 g/mol. The van der Waals surface area contributed by atoms with Gasteiger partial charge in [-0.05, 0) is 53.5 Å². The highest BCUT2D eigenvalue weighted by molar-refractivity contribution is 9.10. The van der Waals surface area contributed by atoms with Crippen LogP contribution in [0.4, 0.5) is 5.69 Å². The number of nitrogens with two attached hydrogens (primary N) is 1. The Balaban J connectivity index is 2.39. The van der Waals surface area contributed by atoms with Crippen molar-refractivity contribution in [3.63, 3.8) is 0 Å². The third-order valence-corrected chi connectivity index (χ3v) is 5.83. The molecule has 0 saturated heterocycles. The normalized spacial score (nSPS) is 11.8. The number of hydrogen-bond donors (Lipinski definition) is 1. The minimum Gasteiger partial charge on any atom is -0.399 e. The van der Waals surface area contributed by atoms with E-state index in [0.29, 0.717) is 22.4 Å². The summed E-state index contributed by atoms with van der Waals surface area (Å²) >= 11 is 3.27. The maximum atomic E-state index is 12.6. The molecule has 2 aromatic rings. The predicted molar refractivity (Wildman–Crippen MR) is 86.7 cm³/mol. The minimum atomic E-state index is -3.45. The van der Waals surface area contributed by atoms with Crippen LogP contribution in [0.2, 0.25) is 0 Å². The highest BCUT2D eigenvalue weighted by Crippen LogP contribution is 2.27. The largest absolute Gasteiger partial charge is 0.399 e. The molecule has 5 nitrogen and oxygen atoms in total. The third-order valence-electron chi connectivity index (χ3n) is 3.20. The Hall–Kier alpha value is -1.34. The Morgan fingerprint density at radius 2 is 2.00 bits per heavy atom. The molecule has 0 saturated carbocycles. The summed E-state index contributed by atoms with van der Waals surface area (Å²) in [4.78, 5) is 0.249. The average Bonchev–Trinajstić information content (AvgIpc) is 2.79. The average molecular weight is 372 g/mol. The second-order valence-corrected chi connectivity index (χ2v) is 7.56. The fourth-order valence-electron chi connectivity index (χ4n) is 2.12. The number of halogens is 1. The van der Waals surface area contributed by atoms with Crippen molar-refractivity contribution in [2.24, 2.45) is 0 Å². The summed E-state index contributed by atoms with van der Waals surface area (Å²) in [6.45, 7) is 4.59. The maximum absolute atomic E-state index is 12.6. The van der Waals surface area contributed by atoms with E-state index in [1.165, 1.54) is 6.07 Å². The van der Waals surface area contributed by atoms with Crippen molar-refractivity contribution in [2.75, 3.05) is 5.73 Å². The molecule has 0 bridgehead atoms. The lowest BCUT2D eigenvalue weighted by Gasteiger charge is -2.08. The molecular formula is C14H18BrN3O2S. The van der Waals surface area contributed by atoms with Gasteiger partial charge in [0.25, 0.3) is 0 Å². The first-order valence-electron chi connectivity index (χ1n) is 6.70. The van der Waals surface area contributed by atoms with Gasteiger partial charge in [-0.2, -0.15) is 5.10 Å². The predicted octanol–water partition coefficient (Wildman–Crippen LogP) is 2.78. The Bertz CT molecular complexity index is 754. The number of nitrogens with zero attached hydrogens (tertiary/aromatic N) is 2. The molecule has 0 spiro atoms. The van der Waals surface area contributed by atoms with Crippen LogP contribution in [0.25, 0.3) is 0 Å². The molecule has 1 heterocycles. The first kappa shape index (κ1) is 16.0. The molecule has 114 valence electrons. The molecule has 21 heavy (non-hydrogen) atoms. The number of sulfone groups is 1. The summed E-state index contributed by atoms with van der Waals surface area (Å²) < 4.78 is 27.4. The van der Waals surface area contributed by atoms with Gasteiger partial charge in [0.15, 0.2) is 9.84 Å². The van der Waals surface area contributed by atoms with E-state index in [9.17, 15) is 8.42 Å². The molecule has 0 unspecified atom stereocenters. The van der Waals surface area contributed by atoms with Crippen LogP contribution in [-0.2, 0) is 28.6 Å². The smallest absolute Gasteiger partial charge is 0.185 e. The highest BCUT2D eigenvalue weighted by Gasteiger charge is 2.21. The van der Waals surface area contributed by atoms with Crippen molar-refractivity contribution < 1.29 is 8.42 Å². The van der Waals surface area contributed by atoms with Crippen LogP contribution in [0, 0.1) is 0 Å². The van der Waals surface area contributed by atoms with Gasteiger partial charge in [0.2, 0.25) is 0 Å². The van der Waals surface area contributed by atoms with E-state index in [-0.39, 0.29) is 10.6 Å². The van der Waals surface area contributed by atoms with Gasteiger partial charge < -0.3 is 5.73 Å². The first-order valence-corrected chi connectivity index (χ1v) is 9.15. The van der Waals surface area contributed by atoms with Crippen LogP contribution < -0.4 is 5.73 Å². The molecule has 0 radical (unpaired) electrons. The topological polar surface area (TPSA) is 78.0 Å². The van der Waals surface area contributed by atoms with Gasteiger partial charge in [-0.3, -0.25) is 4.68 Å². The van der Waals surface area contributed by atoms with E-state index < -0.39 is 9.84 Å². The van der Waals surface area contributed by atoms with Crippen molar-refractivity contribution in [1.29, 1.82) is 0 Å². The zero-order valence-corrected chi connectivity index (χ0v) is 14.4. The molecule has 0 aliphatic heterocycles. The van der Waals surface area contributed by atoms with Gasteiger partial charge in [-0.25, -0.2) is 8.42 Å². The summed E-state index contributed by atoms with van der Waals surface area (Å²) in [5.41, 5.74) is 7.78. The Kier molecular flexibility index (Phi) is 4.73. The van der Waals surface area contributed by atoms with Crippen molar-refractivity contribution in [2.45, 2.75) is 37.5 Å². The maximum Gasteiger partial charge on any atom is 0.185 e. The Morgan fingerprint density at radius 3 is 2.57 bits per heavy atom. The standard InChI is InChI=1S/C14H18BrN3O2S/c1-3-11-8-12(18(4-2)17-11)9-21(19,20)14-6-5-10(16)7-13(14)15/h5-8H,3-4,9,16H2,1-2H3. The lowest BCUT2D eigenvalue weighted by Crippen LogP contribution is -2.11. The minimum absolute atomic E-state index is 0.0731. The summed E-state index contributed by atoms with van der Waals surface area (Å²) in [6, 6.07) is 6.57. The Labute approximate surface area is 133 Å². The number of anilines is 1. The number of rotatable bonds is 5. The van der Waals surface area contributed by atoms with Crippen LogP contribution >= 0.6 is 15.9 Å². The Morgan fingerprint density at radius 1 is 1.29 bits per heavy atom. The number of aryl methyl sites for hydroxylation is 2. The second-order valence-electron chi connectivity index (χ2n) is 4.75. The summed E-state index contributed by atoms with van der Waals surface area (Å²) in [5, 5.41) is 4.38. The molecule has 7 heteroatoms. The van der Waals surface area contributed by atoms with Crippen molar-refractivity contribution >= 4 is 31.5 Å². The zero-order chi connectivity index (χ0) is 15.6. The number of nitrogen functional groups attached to an aromatic ring is 1. The highest BCUT2D eigenvalue weighted by atomic mass is 79.9. The van der Waals surface area contributed by atoms with Gasteiger partial charge >= 0.3 is 0 Å².